The molecule has 0 aromatic carbocycles. The fourth-order valence-corrected chi connectivity index (χ4v) is 3.93. The van der Waals surface area contributed by atoms with Gasteiger partial charge in [-0.3, -0.25) is 0 Å². The van der Waals surface area contributed by atoms with Crippen LogP contribution in [0.5, 0.6) is 0 Å². The lowest BCUT2D eigenvalue weighted by molar-refractivity contribution is 0.587. The van der Waals surface area contributed by atoms with E-state index in [-0.39, 0.29) is 4.90 Å². The Morgan fingerprint density at radius 1 is 1.38 bits per heavy atom. The fraction of sp³-hybridized carbons (Fsp3) is 0.250. The maximum atomic E-state index is 12.7. The van der Waals surface area contributed by atoms with Gasteiger partial charge in [0.2, 0.25) is 13.9 Å². The third kappa shape index (κ3) is 2.04. The van der Waals surface area contributed by atoms with Crippen molar-refractivity contribution in [1.82, 2.24) is 15.0 Å². The normalized spacial score (nSPS) is 15.2. The van der Waals surface area contributed by atoms with Gasteiger partial charge in [0.05, 0.1) is 6.20 Å². The summed E-state index contributed by atoms with van der Waals surface area (Å²) in [5.74, 6) is 0.801. The number of anilines is 2. The Balaban J connectivity index is 2.33. The minimum absolute atomic E-state index is 0.121. The van der Waals surface area contributed by atoms with E-state index in [1.165, 1.54) is 10.5 Å². The molecule has 3 rings (SSSR count). The molecule has 9 heteroatoms. The topological polar surface area (TPSA) is 88.1 Å². The molecule has 7 nitrogen and oxygen atoms in total. The van der Waals surface area contributed by atoms with E-state index in [1.54, 1.807) is 20.2 Å². The molecule has 2 aromatic rings. The number of pyridine rings is 1. The SMILES string of the molecule is BNc1ncc2c(n1)-c1cccnc1N(CCC)S2(=O)=O. The highest BCUT2D eigenvalue weighted by Gasteiger charge is 2.36. The Morgan fingerprint density at radius 3 is 2.90 bits per heavy atom. The molecule has 108 valence electrons. The van der Waals surface area contributed by atoms with Crippen molar-refractivity contribution in [3.63, 3.8) is 0 Å². The highest BCUT2D eigenvalue weighted by atomic mass is 32.2. The van der Waals surface area contributed by atoms with E-state index >= 15 is 0 Å². The summed E-state index contributed by atoms with van der Waals surface area (Å²) in [6, 6.07) is 3.59. The number of sulfonamides is 1. The van der Waals surface area contributed by atoms with Crippen molar-refractivity contribution in [1.29, 1.82) is 0 Å². The number of hydrogen-bond acceptors (Lipinski definition) is 6. The van der Waals surface area contributed by atoms with Gasteiger partial charge >= 0.3 is 0 Å². The van der Waals surface area contributed by atoms with Crippen LogP contribution in [-0.4, -0.2) is 37.9 Å². The Labute approximate surface area is 123 Å². The molecule has 0 aliphatic carbocycles. The van der Waals surface area contributed by atoms with E-state index in [4.69, 9.17) is 0 Å². The molecule has 1 N–H and O–H groups in total. The van der Waals surface area contributed by atoms with Crippen LogP contribution >= 0.6 is 0 Å². The summed E-state index contributed by atoms with van der Waals surface area (Å²) in [4.78, 5) is 12.7. The molecular formula is C12H14BN5O2S. The molecule has 0 atom stereocenters. The summed E-state index contributed by atoms with van der Waals surface area (Å²) < 4.78 is 26.8. The van der Waals surface area contributed by atoms with Gasteiger partial charge < -0.3 is 5.23 Å². The molecule has 0 fully saturated rings. The molecular weight excluding hydrogens is 289 g/mol. The zero-order chi connectivity index (χ0) is 15.0. The molecule has 0 radical (unpaired) electrons. The zero-order valence-electron chi connectivity index (χ0n) is 11.7. The van der Waals surface area contributed by atoms with Crippen LogP contribution in [0.3, 0.4) is 0 Å². The van der Waals surface area contributed by atoms with Crippen molar-refractivity contribution < 1.29 is 8.42 Å². The van der Waals surface area contributed by atoms with Gasteiger partial charge in [0.15, 0.2) is 5.82 Å². The highest BCUT2D eigenvalue weighted by molar-refractivity contribution is 7.93. The average molecular weight is 303 g/mol. The molecule has 0 saturated heterocycles. The number of rotatable bonds is 3. The number of aromatic nitrogens is 3. The smallest absolute Gasteiger partial charge is 0.269 e. The number of fused-ring (bicyclic) bond motifs is 3. The molecule has 0 bridgehead atoms. The molecule has 2 aromatic heterocycles. The molecule has 1 aliphatic rings. The van der Waals surface area contributed by atoms with Crippen molar-refractivity contribution in [2.45, 2.75) is 18.2 Å². The average Bonchev–Trinajstić information content (AvgIpc) is 2.51. The summed E-state index contributed by atoms with van der Waals surface area (Å²) >= 11 is 0. The van der Waals surface area contributed by atoms with Crippen molar-refractivity contribution in [3.8, 4) is 11.3 Å². The Hall–Kier alpha value is -2.16. The van der Waals surface area contributed by atoms with Crippen LogP contribution in [0.25, 0.3) is 11.3 Å². The number of nitrogens with one attached hydrogen (secondary N) is 1. The summed E-state index contributed by atoms with van der Waals surface area (Å²) in [6.45, 7) is 2.30. The predicted molar refractivity (Wildman–Crippen MR) is 82.3 cm³/mol. The van der Waals surface area contributed by atoms with Gasteiger partial charge in [-0.2, -0.15) is 0 Å². The zero-order valence-corrected chi connectivity index (χ0v) is 12.6. The van der Waals surface area contributed by atoms with E-state index in [2.05, 4.69) is 20.2 Å². The fourth-order valence-electron chi connectivity index (χ4n) is 2.32. The Morgan fingerprint density at radius 2 is 2.19 bits per heavy atom. The van der Waals surface area contributed by atoms with Gasteiger partial charge in [0.1, 0.15) is 10.6 Å². The van der Waals surface area contributed by atoms with E-state index in [9.17, 15) is 8.42 Å². The summed E-state index contributed by atoms with van der Waals surface area (Å²) in [5.41, 5.74) is 1.10. The maximum Gasteiger partial charge on any atom is 0.269 e. The maximum absolute atomic E-state index is 12.7. The minimum atomic E-state index is -3.67. The van der Waals surface area contributed by atoms with Gasteiger partial charge in [0.25, 0.3) is 10.0 Å². The molecule has 1 aliphatic heterocycles. The van der Waals surface area contributed by atoms with Crippen LogP contribution in [0.4, 0.5) is 11.8 Å². The van der Waals surface area contributed by atoms with E-state index in [0.717, 1.165) is 0 Å². The van der Waals surface area contributed by atoms with E-state index in [0.29, 0.717) is 36.0 Å². The second kappa shape index (κ2) is 4.99. The second-order valence-electron chi connectivity index (χ2n) is 4.61. The van der Waals surface area contributed by atoms with E-state index < -0.39 is 10.0 Å². The quantitative estimate of drug-likeness (QED) is 0.827. The van der Waals surface area contributed by atoms with Crippen LogP contribution in [0.1, 0.15) is 13.3 Å². The molecule has 0 spiro atoms. The van der Waals surface area contributed by atoms with Crippen LogP contribution in [0.2, 0.25) is 0 Å². The monoisotopic (exact) mass is 303 g/mol. The van der Waals surface area contributed by atoms with Crippen LogP contribution < -0.4 is 9.53 Å². The minimum Gasteiger partial charge on any atom is -0.404 e. The first kappa shape index (κ1) is 13.8. The molecule has 0 saturated carbocycles. The van der Waals surface area contributed by atoms with Crippen LogP contribution in [0.15, 0.2) is 29.4 Å². The summed E-state index contributed by atoms with van der Waals surface area (Å²) in [7, 11) is -1.98. The first-order valence-electron chi connectivity index (χ1n) is 6.62. The lowest BCUT2D eigenvalue weighted by Crippen LogP contribution is -2.36. The molecule has 21 heavy (non-hydrogen) atoms. The first-order chi connectivity index (χ1) is 10.1. The van der Waals surface area contributed by atoms with Crippen LogP contribution in [0, 0.1) is 0 Å². The Bertz CT molecular complexity index is 796. The van der Waals surface area contributed by atoms with Crippen molar-refractivity contribution in [2.24, 2.45) is 0 Å². The lowest BCUT2D eigenvalue weighted by Gasteiger charge is -2.29. The third-order valence-electron chi connectivity index (χ3n) is 3.25. The standard InChI is InChI=1S/C12H14BN5O2S/c1-2-6-18-11-8(4-3-5-14-11)10-9(21(18,19)20)7-15-12(16-10)17-13/h3-5,7H,2,6,13H2,1H3,(H,15,16,17). The van der Waals surface area contributed by atoms with Gasteiger partial charge in [-0.05, 0) is 18.6 Å². The summed E-state index contributed by atoms with van der Waals surface area (Å²) in [5, 5.41) is 2.82. The van der Waals surface area contributed by atoms with Gasteiger partial charge in [-0.1, -0.05) is 6.92 Å². The first-order valence-corrected chi connectivity index (χ1v) is 8.06. The predicted octanol–water partition coefficient (Wildman–Crippen LogP) is 0.417. The van der Waals surface area contributed by atoms with Gasteiger partial charge in [0, 0.05) is 18.3 Å². The van der Waals surface area contributed by atoms with Gasteiger partial charge in [-0.25, -0.2) is 27.7 Å². The number of nitrogens with zero attached hydrogens (tertiary/aromatic N) is 4. The lowest BCUT2D eigenvalue weighted by atomic mass is 10.1. The molecule has 3 heterocycles. The molecule has 0 unspecified atom stereocenters. The van der Waals surface area contributed by atoms with Crippen molar-refractivity contribution in [2.75, 3.05) is 16.1 Å². The van der Waals surface area contributed by atoms with Crippen LogP contribution in [-0.2, 0) is 10.0 Å². The Kier molecular flexibility index (Phi) is 3.28. The van der Waals surface area contributed by atoms with Gasteiger partial charge in [-0.15, -0.1) is 0 Å². The second-order valence-corrected chi connectivity index (χ2v) is 6.44. The van der Waals surface area contributed by atoms with Crippen molar-refractivity contribution >= 4 is 29.8 Å². The largest absolute Gasteiger partial charge is 0.404 e. The highest BCUT2D eigenvalue weighted by Crippen LogP contribution is 2.40. The van der Waals surface area contributed by atoms with Crippen molar-refractivity contribution in [3.05, 3.63) is 24.5 Å². The number of hydrogen-bond donors (Lipinski definition) is 1. The third-order valence-corrected chi connectivity index (χ3v) is 5.04. The van der Waals surface area contributed by atoms with E-state index in [1.807, 2.05) is 13.0 Å². The molecule has 0 amide bonds. The summed E-state index contributed by atoms with van der Waals surface area (Å²) in [6.07, 6.45) is 3.63.